The lowest BCUT2D eigenvalue weighted by molar-refractivity contribution is 0.555. The molecule has 3 rings (SSSR count). The molecule has 1 aromatic carbocycles. The van der Waals surface area contributed by atoms with Gasteiger partial charge in [-0.25, -0.2) is 14.8 Å². The van der Waals surface area contributed by atoms with E-state index in [1.54, 1.807) is 12.1 Å². The van der Waals surface area contributed by atoms with Gasteiger partial charge in [-0.2, -0.15) is 0 Å². The number of rotatable bonds is 0. The summed E-state index contributed by atoms with van der Waals surface area (Å²) in [5.41, 5.74) is 1.83. The Kier molecular flexibility index (Phi) is 1.25. The van der Waals surface area contributed by atoms with Gasteiger partial charge < -0.3 is 4.42 Å². The predicted octanol–water partition coefficient (Wildman–Crippen LogP) is 0.864. The first kappa shape index (κ1) is 7.25. The molecule has 0 aliphatic heterocycles. The molecule has 0 saturated heterocycles. The van der Waals surface area contributed by atoms with Crippen molar-refractivity contribution in [2.75, 3.05) is 0 Å². The number of nitrogens with one attached hydrogen (secondary N) is 1. The summed E-state index contributed by atoms with van der Waals surface area (Å²) in [6.45, 7) is 0. The normalized spacial score (nSPS) is 11.1. The Bertz CT molecular complexity index is 613. The minimum absolute atomic E-state index is 0.469. The third kappa shape index (κ3) is 0.922. The van der Waals surface area contributed by atoms with E-state index in [0.717, 1.165) is 5.39 Å². The lowest BCUT2D eigenvalue weighted by Crippen LogP contribution is -1.92. The maximum atomic E-state index is 10.9. The van der Waals surface area contributed by atoms with Crippen molar-refractivity contribution in [1.29, 1.82) is 0 Å². The highest BCUT2D eigenvalue weighted by molar-refractivity contribution is 5.90. The summed E-state index contributed by atoms with van der Waals surface area (Å²) in [7, 11) is 0. The summed E-state index contributed by atoms with van der Waals surface area (Å²) >= 11 is 0. The monoisotopic (exact) mass is 186 g/mol. The van der Waals surface area contributed by atoms with Gasteiger partial charge in [0.2, 0.25) is 0 Å². The first-order valence-corrected chi connectivity index (χ1v) is 3.98. The molecule has 0 spiro atoms. The van der Waals surface area contributed by atoms with Crippen molar-refractivity contribution >= 4 is 22.0 Å². The summed E-state index contributed by atoms with van der Waals surface area (Å²) in [5.74, 6) is -0.469. The van der Waals surface area contributed by atoms with Crippen LogP contribution in [0.25, 0.3) is 22.0 Å². The molecule has 0 saturated carbocycles. The third-order valence-corrected chi connectivity index (χ3v) is 1.98. The van der Waals surface area contributed by atoms with Crippen LogP contribution in [-0.2, 0) is 0 Å². The van der Waals surface area contributed by atoms with Gasteiger partial charge in [-0.3, -0.25) is 4.98 Å². The lowest BCUT2D eigenvalue weighted by Gasteiger charge is -1.92. The van der Waals surface area contributed by atoms with Gasteiger partial charge in [0.05, 0.1) is 11.0 Å². The number of hydrogen-bond acceptors (Lipinski definition) is 4. The summed E-state index contributed by atoms with van der Waals surface area (Å²) in [5, 5.41) is 0.747. The fourth-order valence-electron chi connectivity index (χ4n) is 1.37. The molecule has 0 amide bonds. The topological polar surface area (TPSA) is 71.8 Å². The van der Waals surface area contributed by atoms with E-state index in [1.165, 1.54) is 6.33 Å². The number of aromatic nitrogens is 3. The molecular weight excluding hydrogens is 182 g/mol. The molecule has 1 N–H and O–H groups in total. The Morgan fingerprint density at radius 3 is 3.29 bits per heavy atom. The standard InChI is InChI=1S/C9H4N3O2/c13-9-12-7-1-5-3-10-4-11-6(5)2-8(7)14-9/h1-2,4H,(H,12,13). The molecule has 0 aliphatic rings. The molecule has 14 heavy (non-hydrogen) atoms. The summed E-state index contributed by atoms with van der Waals surface area (Å²) in [4.78, 5) is 21.2. The van der Waals surface area contributed by atoms with Crippen LogP contribution in [0.5, 0.6) is 0 Å². The zero-order chi connectivity index (χ0) is 9.54. The van der Waals surface area contributed by atoms with Crippen LogP contribution in [0.4, 0.5) is 0 Å². The average molecular weight is 186 g/mol. The van der Waals surface area contributed by atoms with Crippen molar-refractivity contribution in [3.63, 3.8) is 0 Å². The minimum Gasteiger partial charge on any atom is -0.408 e. The van der Waals surface area contributed by atoms with Gasteiger partial charge in [0.25, 0.3) is 0 Å². The summed E-state index contributed by atoms with van der Waals surface area (Å²) < 4.78 is 4.89. The molecule has 0 unspecified atom stereocenters. The SMILES string of the molecule is O=c1[nH]c2cc3[c]ncnc3cc2o1. The Labute approximate surface area is 77.4 Å². The van der Waals surface area contributed by atoms with E-state index in [0.29, 0.717) is 16.6 Å². The zero-order valence-corrected chi connectivity index (χ0v) is 6.94. The van der Waals surface area contributed by atoms with Gasteiger partial charge in [0, 0.05) is 11.5 Å². The largest absolute Gasteiger partial charge is 0.417 e. The van der Waals surface area contributed by atoms with E-state index in [1.807, 2.05) is 0 Å². The second kappa shape index (κ2) is 2.41. The van der Waals surface area contributed by atoms with Crippen LogP contribution in [0.1, 0.15) is 0 Å². The smallest absolute Gasteiger partial charge is 0.408 e. The van der Waals surface area contributed by atoms with Gasteiger partial charge in [0.15, 0.2) is 5.58 Å². The molecule has 0 bridgehead atoms. The number of nitrogens with zero attached hydrogens (tertiary/aromatic N) is 2. The first-order valence-electron chi connectivity index (χ1n) is 3.98. The fraction of sp³-hybridized carbons (Fsp3) is 0. The highest BCUT2D eigenvalue weighted by Crippen LogP contribution is 2.17. The molecule has 0 atom stereocenters. The molecule has 3 aromatic rings. The molecule has 2 heterocycles. The number of fused-ring (bicyclic) bond motifs is 2. The molecular formula is C9H4N3O2. The van der Waals surface area contributed by atoms with Gasteiger partial charge in [-0.1, -0.05) is 0 Å². The van der Waals surface area contributed by atoms with E-state index in [2.05, 4.69) is 21.1 Å². The zero-order valence-electron chi connectivity index (χ0n) is 6.94. The van der Waals surface area contributed by atoms with Crippen LogP contribution in [0.15, 0.2) is 27.7 Å². The molecule has 67 valence electrons. The van der Waals surface area contributed by atoms with E-state index in [9.17, 15) is 4.79 Å². The van der Waals surface area contributed by atoms with Crippen LogP contribution < -0.4 is 5.76 Å². The molecule has 0 fully saturated rings. The van der Waals surface area contributed by atoms with E-state index >= 15 is 0 Å². The van der Waals surface area contributed by atoms with Crippen LogP contribution >= 0.6 is 0 Å². The highest BCUT2D eigenvalue weighted by atomic mass is 16.4. The Morgan fingerprint density at radius 1 is 1.43 bits per heavy atom. The van der Waals surface area contributed by atoms with E-state index in [-0.39, 0.29) is 0 Å². The fourth-order valence-corrected chi connectivity index (χ4v) is 1.37. The van der Waals surface area contributed by atoms with Gasteiger partial charge in [0.1, 0.15) is 12.5 Å². The van der Waals surface area contributed by atoms with Crippen molar-refractivity contribution in [2.24, 2.45) is 0 Å². The molecule has 5 heteroatoms. The quantitative estimate of drug-likeness (QED) is 0.565. The second-order valence-corrected chi connectivity index (χ2v) is 2.87. The Morgan fingerprint density at radius 2 is 2.36 bits per heavy atom. The van der Waals surface area contributed by atoms with E-state index in [4.69, 9.17) is 4.42 Å². The highest BCUT2D eigenvalue weighted by Gasteiger charge is 2.03. The first-order chi connectivity index (χ1) is 6.83. The second-order valence-electron chi connectivity index (χ2n) is 2.87. The van der Waals surface area contributed by atoms with Gasteiger partial charge in [-0.15, -0.1) is 0 Å². The number of benzene rings is 1. The maximum absolute atomic E-state index is 10.9. The van der Waals surface area contributed by atoms with E-state index < -0.39 is 5.76 Å². The van der Waals surface area contributed by atoms with Crippen molar-refractivity contribution < 1.29 is 4.42 Å². The minimum atomic E-state index is -0.469. The molecule has 5 nitrogen and oxygen atoms in total. The number of H-pyrrole nitrogens is 1. The van der Waals surface area contributed by atoms with Crippen LogP contribution in [0.2, 0.25) is 0 Å². The van der Waals surface area contributed by atoms with Crippen molar-refractivity contribution in [1.82, 2.24) is 15.0 Å². The molecule has 0 aliphatic carbocycles. The number of hydrogen-bond donors (Lipinski definition) is 1. The lowest BCUT2D eigenvalue weighted by atomic mass is 10.2. The van der Waals surface area contributed by atoms with Crippen molar-refractivity contribution in [3.8, 4) is 0 Å². The van der Waals surface area contributed by atoms with Crippen LogP contribution in [0, 0.1) is 6.20 Å². The van der Waals surface area contributed by atoms with Crippen LogP contribution in [0.3, 0.4) is 0 Å². The third-order valence-electron chi connectivity index (χ3n) is 1.98. The summed E-state index contributed by atoms with van der Waals surface area (Å²) in [6, 6.07) is 3.41. The maximum Gasteiger partial charge on any atom is 0.417 e. The Hall–Kier alpha value is -2.17. The molecule has 1 radical (unpaired) electrons. The van der Waals surface area contributed by atoms with Crippen molar-refractivity contribution in [3.05, 3.63) is 35.2 Å². The number of aromatic amines is 1. The average Bonchev–Trinajstić information content (AvgIpc) is 2.53. The summed E-state index contributed by atoms with van der Waals surface area (Å²) in [6.07, 6.45) is 4.18. The predicted molar refractivity (Wildman–Crippen MR) is 48.8 cm³/mol. The van der Waals surface area contributed by atoms with Crippen LogP contribution in [-0.4, -0.2) is 15.0 Å². The van der Waals surface area contributed by atoms with Gasteiger partial charge in [-0.05, 0) is 6.07 Å². The Balaban J connectivity index is 2.57. The van der Waals surface area contributed by atoms with Gasteiger partial charge >= 0.3 is 5.76 Å². The number of oxazole rings is 1. The van der Waals surface area contributed by atoms with Crippen molar-refractivity contribution in [2.45, 2.75) is 0 Å². The molecule has 2 aromatic heterocycles.